The average molecular weight is 154 g/mol. The zero-order valence-electron chi connectivity index (χ0n) is 4.81. The van der Waals surface area contributed by atoms with Crippen LogP contribution in [-0.2, 0) is 0 Å². The van der Waals surface area contributed by atoms with Gasteiger partial charge >= 0.3 is 0 Å². The lowest BCUT2D eigenvalue weighted by molar-refractivity contribution is -0.00918. The third-order valence-electron chi connectivity index (χ3n) is 1.39. The third kappa shape index (κ3) is 1.35. The third-order valence-corrected chi connectivity index (χ3v) is 2.73. The number of hydrogen-bond acceptors (Lipinski definition) is 2. The zero-order chi connectivity index (χ0) is 6.91. The molecule has 1 N–H and O–H groups in total. The molecule has 0 saturated carbocycles. The van der Waals surface area contributed by atoms with Crippen LogP contribution in [0, 0.1) is 0 Å². The van der Waals surface area contributed by atoms with Crippen LogP contribution in [0.5, 0.6) is 0 Å². The van der Waals surface area contributed by atoms with Gasteiger partial charge in [-0.05, 0) is 5.75 Å². The smallest absolute Gasteiger partial charge is 0.262 e. The normalized spacial score (nSPS) is 33.0. The number of aliphatic hydroxyl groups excluding tert-OH is 1. The van der Waals surface area contributed by atoms with Gasteiger partial charge in [0.05, 0.1) is 11.9 Å². The van der Waals surface area contributed by atoms with Crippen molar-refractivity contribution in [2.24, 2.45) is 0 Å². The molecule has 1 heterocycles. The van der Waals surface area contributed by atoms with E-state index in [4.69, 9.17) is 5.11 Å². The molecule has 1 unspecified atom stereocenters. The van der Waals surface area contributed by atoms with Crippen molar-refractivity contribution < 1.29 is 13.9 Å². The molecule has 0 bridgehead atoms. The Morgan fingerprint density at radius 1 is 1.67 bits per heavy atom. The molecule has 1 atom stereocenters. The molecule has 0 aromatic rings. The molecule has 1 fully saturated rings. The van der Waals surface area contributed by atoms with Gasteiger partial charge in [0.25, 0.3) is 5.92 Å². The number of rotatable bonds is 1. The summed E-state index contributed by atoms with van der Waals surface area (Å²) in [7, 11) is 0. The van der Waals surface area contributed by atoms with Crippen LogP contribution in [0.25, 0.3) is 0 Å². The molecule has 1 rings (SSSR count). The first kappa shape index (κ1) is 7.28. The first-order valence-electron chi connectivity index (χ1n) is 2.77. The molecule has 1 saturated heterocycles. The second-order valence-corrected chi connectivity index (χ2v) is 3.36. The number of hydrogen-bond donors (Lipinski definition) is 1. The lowest BCUT2D eigenvalue weighted by Gasteiger charge is -2.14. The fourth-order valence-electron chi connectivity index (χ4n) is 0.806. The number of halogens is 2. The minimum atomic E-state index is -2.63. The van der Waals surface area contributed by atoms with Gasteiger partial charge in [0.15, 0.2) is 0 Å². The Kier molecular flexibility index (Phi) is 1.96. The predicted molar refractivity (Wildman–Crippen MR) is 32.9 cm³/mol. The topological polar surface area (TPSA) is 20.2 Å². The van der Waals surface area contributed by atoms with Crippen molar-refractivity contribution in [3.8, 4) is 0 Å². The van der Waals surface area contributed by atoms with E-state index in [9.17, 15) is 8.78 Å². The summed E-state index contributed by atoms with van der Waals surface area (Å²) in [6.45, 7) is -0.405. The molecule has 0 aromatic carbocycles. The molecule has 1 aliphatic heterocycles. The fraction of sp³-hybridized carbons (Fsp3) is 1.00. The number of alkyl halides is 2. The quantitative estimate of drug-likeness (QED) is 0.610. The van der Waals surface area contributed by atoms with Crippen LogP contribution in [-0.4, -0.2) is 28.6 Å². The molecule has 0 amide bonds. The van der Waals surface area contributed by atoms with Crippen molar-refractivity contribution >= 4 is 11.8 Å². The Morgan fingerprint density at radius 3 is 2.56 bits per heavy atom. The van der Waals surface area contributed by atoms with Crippen LogP contribution in [0.3, 0.4) is 0 Å². The lowest BCUT2D eigenvalue weighted by Crippen LogP contribution is -2.28. The SMILES string of the molecule is OCC1SCCC1(F)F. The van der Waals surface area contributed by atoms with Gasteiger partial charge in [0.2, 0.25) is 0 Å². The van der Waals surface area contributed by atoms with Gasteiger partial charge in [-0.25, -0.2) is 8.78 Å². The van der Waals surface area contributed by atoms with E-state index < -0.39 is 17.8 Å². The van der Waals surface area contributed by atoms with E-state index in [0.717, 1.165) is 11.8 Å². The van der Waals surface area contributed by atoms with Crippen molar-refractivity contribution in [3.63, 3.8) is 0 Å². The number of aliphatic hydroxyl groups is 1. The highest BCUT2D eigenvalue weighted by atomic mass is 32.2. The summed E-state index contributed by atoms with van der Waals surface area (Å²) in [5.74, 6) is -2.16. The Balaban J connectivity index is 2.52. The minimum Gasteiger partial charge on any atom is -0.395 e. The number of thioether (sulfide) groups is 1. The molecule has 9 heavy (non-hydrogen) atoms. The Labute approximate surface area is 56.4 Å². The summed E-state index contributed by atoms with van der Waals surface area (Å²) in [5, 5.41) is 7.55. The molecule has 0 aromatic heterocycles. The second-order valence-electron chi connectivity index (χ2n) is 2.05. The highest BCUT2D eigenvalue weighted by Crippen LogP contribution is 2.39. The molecule has 1 nitrogen and oxygen atoms in total. The lowest BCUT2D eigenvalue weighted by atomic mass is 10.2. The second kappa shape index (κ2) is 2.42. The molecule has 4 heteroatoms. The van der Waals surface area contributed by atoms with E-state index in [1.807, 2.05) is 0 Å². The maximum Gasteiger partial charge on any atom is 0.262 e. The minimum absolute atomic E-state index is 0.0805. The fourth-order valence-corrected chi connectivity index (χ4v) is 1.95. The van der Waals surface area contributed by atoms with Gasteiger partial charge in [0, 0.05) is 6.42 Å². The van der Waals surface area contributed by atoms with Crippen molar-refractivity contribution in [2.75, 3.05) is 12.4 Å². The largest absolute Gasteiger partial charge is 0.395 e. The van der Waals surface area contributed by atoms with E-state index in [-0.39, 0.29) is 6.42 Å². The highest BCUT2D eigenvalue weighted by molar-refractivity contribution is 8.00. The van der Waals surface area contributed by atoms with Crippen molar-refractivity contribution in [3.05, 3.63) is 0 Å². The van der Waals surface area contributed by atoms with Crippen LogP contribution in [0.1, 0.15) is 6.42 Å². The van der Waals surface area contributed by atoms with E-state index in [2.05, 4.69) is 0 Å². The van der Waals surface area contributed by atoms with E-state index in [1.165, 1.54) is 0 Å². The van der Waals surface area contributed by atoms with Gasteiger partial charge in [0.1, 0.15) is 0 Å². The monoisotopic (exact) mass is 154 g/mol. The van der Waals surface area contributed by atoms with Gasteiger partial charge in [-0.1, -0.05) is 0 Å². The molecular weight excluding hydrogens is 146 g/mol. The van der Waals surface area contributed by atoms with E-state index in [1.54, 1.807) is 0 Å². The van der Waals surface area contributed by atoms with Crippen molar-refractivity contribution in [1.29, 1.82) is 0 Å². The standard InChI is InChI=1S/C5H8F2OS/c6-5(7)1-2-9-4(5)3-8/h4,8H,1-3H2. The van der Waals surface area contributed by atoms with Crippen molar-refractivity contribution in [2.45, 2.75) is 17.6 Å². The van der Waals surface area contributed by atoms with Crippen LogP contribution >= 0.6 is 11.8 Å². The summed E-state index contributed by atoms with van der Waals surface area (Å²) in [6, 6.07) is 0. The van der Waals surface area contributed by atoms with Gasteiger partial charge in [-0.15, -0.1) is 11.8 Å². The average Bonchev–Trinajstić information content (AvgIpc) is 2.08. The maximum atomic E-state index is 12.4. The summed E-state index contributed by atoms with van der Waals surface area (Å²) in [4.78, 5) is 0. The van der Waals surface area contributed by atoms with Crippen LogP contribution in [0.2, 0.25) is 0 Å². The van der Waals surface area contributed by atoms with Crippen molar-refractivity contribution in [1.82, 2.24) is 0 Å². The summed E-state index contributed by atoms with van der Waals surface area (Å²) < 4.78 is 24.9. The predicted octanol–water partition coefficient (Wildman–Crippen LogP) is 1.12. The summed E-state index contributed by atoms with van der Waals surface area (Å²) in [6.07, 6.45) is -0.0805. The molecular formula is C5H8F2OS. The van der Waals surface area contributed by atoms with Gasteiger partial charge in [-0.3, -0.25) is 0 Å². The van der Waals surface area contributed by atoms with Crippen LogP contribution < -0.4 is 0 Å². The first-order valence-corrected chi connectivity index (χ1v) is 3.82. The van der Waals surface area contributed by atoms with E-state index >= 15 is 0 Å². The summed E-state index contributed by atoms with van der Waals surface area (Å²) in [5.41, 5.74) is 0. The molecule has 1 aliphatic rings. The Morgan fingerprint density at radius 2 is 2.33 bits per heavy atom. The maximum absolute atomic E-state index is 12.4. The summed E-state index contributed by atoms with van der Waals surface area (Å²) >= 11 is 1.15. The first-order chi connectivity index (χ1) is 4.17. The van der Waals surface area contributed by atoms with Gasteiger partial charge in [-0.2, -0.15) is 0 Å². The van der Waals surface area contributed by atoms with Crippen LogP contribution in [0.15, 0.2) is 0 Å². The van der Waals surface area contributed by atoms with Gasteiger partial charge < -0.3 is 5.11 Å². The molecule has 0 spiro atoms. The van der Waals surface area contributed by atoms with E-state index in [0.29, 0.717) is 5.75 Å². The Hall–Kier alpha value is 0.170. The highest BCUT2D eigenvalue weighted by Gasteiger charge is 2.43. The molecule has 54 valence electrons. The molecule has 0 aliphatic carbocycles. The zero-order valence-corrected chi connectivity index (χ0v) is 5.63. The molecule has 0 radical (unpaired) electrons. The Bertz CT molecular complexity index is 107. The van der Waals surface area contributed by atoms with Crippen LogP contribution in [0.4, 0.5) is 8.78 Å².